The van der Waals surface area contributed by atoms with E-state index >= 15 is 0 Å². The molecule has 1 saturated heterocycles. The molecule has 0 aliphatic carbocycles. The van der Waals surface area contributed by atoms with Gasteiger partial charge in [-0.2, -0.15) is 0 Å². The molecule has 3 rings (SSSR count). The fraction of sp³-hybridized carbons (Fsp3) is 0.476. The van der Waals surface area contributed by atoms with E-state index in [1.807, 2.05) is 48.4 Å². The molecule has 2 heterocycles. The van der Waals surface area contributed by atoms with Crippen molar-refractivity contribution >= 4 is 11.7 Å². The van der Waals surface area contributed by atoms with Gasteiger partial charge in [0.15, 0.2) is 0 Å². The Bertz CT molecular complexity index is 739. The van der Waals surface area contributed by atoms with Gasteiger partial charge in [0.1, 0.15) is 11.6 Å². The summed E-state index contributed by atoms with van der Waals surface area (Å²) in [6.45, 7) is 4.13. The maximum absolute atomic E-state index is 12.6. The van der Waals surface area contributed by atoms with E-state index in [-0.39, 0.29) is 17.6 Å². The van der Waals surface area contributed by atoms with Crippen LogP contribution in [0.25, 0.3) is 0 Å². The molecule has 0 N–H and O–H groups in total. The summed E-state index contributed by atoms with van der Waals surface area (Å²) in [5.41, 5.74) is 1.05. The van der Waals surface area contributed by atoms with Crippen molar-refractivity contribution in [3.63, 3.8) is 0 Å². The lowest BCUT2D eigenvalue weighted by atomic mass is 9.90. The largest absolute Gasteiger partial charge is 0.342 e. The number of imidazole rings is 1. The second-order valence-electron chi connectivity index (χ2n) is 7.08. The number of ketones is 1. The molecule has 0 saturated carbocycles. The highest BCUT2D eigenvalue weighted by Gasteiger charge is 2.27. The van der Waals surface area contributed by atoms with Crippen molar-refractivity contribution in [3.8, 4) is 0 Å². The highest BCUT2D eigenvalue weighted by molar-refractivity contribution is 5.84. The fourth-order valence-electron chi connectivity index (χ4n) is 3.61. The van der Waals surface area contributed by atoms with Gasteiger partial charge in [0, 0.05) is 50.8 Å². The molecule has 1 aliphatic heterocycles. The molecule has 1 atom stereocenters. The third kappa shape index (κ3) is 4.81. The Morgan fingerprint density at radius 3 is 2.77 bits per heavy atom. The zero-order valence-electron chi connectivity index (χ0n) is 15.4. The Hall–Kier alpha value is -2.43. The minimum Gasteiger partial charge on any atom is -0.342 e. The van der Waals surface area contributed by atoms with Crippen LogP contribution in [-0.4, -0.2) is 39.2 Å². The highest BCUT2D eigenvalue weighted by Crippen LogP contribution is 2.20. The number of benzene rings is 1. The highest BCUT2D eigenvalue weighted by atomic mass is 16.2. The Morgan fingerprint density at radius 1 is 1.23 bits per heavy atom. The number of carbonyl (C=O) groups is 2. The average molecular weight is 353 g/mol. The predicted octanol–water partition coefficient (Wildman–Crippen LogP) is 3.02. The SMILES string of the molecule is Cc1nccn1CCCC(=O)N1CCCC(C(=O)Cc2ccccc2)C1. The number of likely N-dealkylation sites (tertiary alicyclic amines) is 1. The molecule has 1 fully saturated rings. The molecule has 26 heavy (non-hydrogen) atoms. The number of rotatable bonds is 7. The summed E-state index contributed by atoms with van der Waals surface area (Å²) >= 11 is 0. The standard InChI is InChI=1S/C21H27N3O2/c1-17-22-11-14-23(17)12-6-10-21(26)24-13-5-9-19(16-24)20(25)15-18-7-3-2-4-8-18/h2-4,7-8,11,14,19H,5-6,9-10,12-13,15-16H2,1H3. The van der Waals surface area contributed by atoms with Crippen LogP contribution in [0, 0.1) is 12.8 Å². The Kier molecular flexibility index (Phi) is 6.21. The van der Waals surface area contributed by atoms with Crippen molar-refractivity contribution in [1.82, 2.24) is 14.5 Å². The van der Waals surface area contributed by atoms with Gasteiger partial charge in [-0.25, -0.2) is 4.98 Å². The van der Waals surface area contributed by atoms with Crippen LogP contribution in [0.1, 0.15) is 37.1 Å². The normalized spacial score (nSPS) is 17.3. The molecular weight excluding hydrogens is 326 g/mol. The van der Waals surface area contributed by atoms with E-state index in [0.717, 1.165) is 43.7 Å². The summed E-state index contributed by atoms with van der Waals surface area (Å²) in [5.74, 6) is 1.37. The first-order valence-corrected chi connectivity index (χ1v) is 9.45. The summed E-state index contributed by atoms with van der Waals surface area (Å²) in [4.78, 5) is 31.2. The molecule has 1 unspecified atom stereocenters. The van der Waals surface area contributed by atoms with Crippen molar-refractivity contribution in [2.45, 2.75) is 45.6 Å². The second-order valence-corrected chi connectivity index (χ2v) is 7.08. The van der Waals surface area contributed by atoms with Gasteiger partial charge in [0.05, 0.1) is 0 Å². The number of hydrogen-bond donors (Lipinski definition) is 0. The predicted molar refractivity (Wildman–Crippen MR) is 101 cm³/mol. The van der Waals surface area contributed by atoms with Gasteiger partial charge in [-0.1, -0.05) is 30.3 Å². The van der Waals surface area contributed by atoms with E-state index in [0.29, 0.717) is 19.4 Å². The van der Waals surface area contributed by atoms with Gasteiger partial charge in [0.2, 0.25) is 5.91 Å². The molecule has 0 bridgehead atoms. The second kappa shape index (κ2) is 8.79. The first kappa shape index (κ1) is 18.4. The molecule has 1 aromatic carbocycles. The summed E-state index contributed by atoms with van der Waals surface area (Å²) in [6, 6.07) is 9.85. The van der Waals surface area contributed by atoms with Crippen molar-refractivity contribution in [3.05, 3.63) is 54.1 Å². The smallest absolute Gasteiger partial charge is 0.222 e. The molecule has 5 nitrogen and oxygen atoms in total. The first-order chi connectivity index (χ1) is 12.6. The number of Topliss-reactive ketones (excluding diaryl/α,β-unsaturated/α-hetero) is 1. The summed E-state index contributed by atoms with van der Waals surface area (Å²) in [7, 11) is 0. The van der Waals surface area contributed by atoms with E-state index in [9.17, 15) is 9.59 Å². The first-order valence-electron chi connectivity index (χ1n) is 9.45. The fourth-order valence-corrected chi connectivity index (χ4v) is 3.61. The minimum absolute atomic E-state index is 0.0243. The maximum Gasteiger partial charge on any atom is 0.222 e. The van der Waals surface area contributed by atoms with Crippen molar-refractivity contribution < 1.29 is 9.59 Å². The Morgan fingerprint density at radius 2 is 2.04 bits per heavy atom. The number of hydrogen-bond acceptors (Lipinski definition) is 3. The number of carbonyl (C=O) groups excluding carboxylic acids is 2. The van der Waals surface area contributed by atoms with Crippen molar-refractivity contribution in [2.75, 3.05) is 13.1 Å². The third-order valence-corrected chi connectivity index (χ3v) is 5.16. The van der Waals surface area contributed by atoms with Crippen LogP contribution >= 0.6 is 0 Å². The molecule has 1 amide bonds. The van der Waals surface area contributed by atoms with Crippen molar-refractivity contribution in [2.24, 2.45) is 5.92 Å². The van der Waals surface area contributed by atoms with Crippen LogP contribution in [0.4, 0.5) is 0 Å². The zero-order chi connectivity index (χ0) is 18.4. The van der Waals surface area contributed by atoms with E-state index < -0.39 is 0 Å². The van der Waals surface area contributed by atoms with E-state index in [1.54, 1.807) is 6.20 Å². The van der Waals surface area contributed by atoms with E-state index in [1.165, 1.54) is 0 Å². The monoisotopic (exact) mass is 353 g/mol. The lowest BCUT2D eigenvalue weighted by Crippen LogP contribution is -2.42. The molecule has 0 radical (unpaired) electrons. The number of piperidine rings is 1. The molecule has 1 aliphatic rings. The van der Waals surface area contributed by atoms with Crippen LogP contribution in [0.5, 0.6) is 0 Å². The molecule has 138 valence electrons. The lowest BCUT2D eigenvalue weighted by molar-refractivity contribution is -0.135. The molecular formula is C21H27N3O2. The number of aromatic nitrogens is 2. The minimum atomic E-state index is -0.0243. The molecule has 5 heteroatoms. The topological polar surface area (TPSA) is 55.2 Å². The van der Waals surface area contributed by atoms with Gasteiger partial charge < -0.3 is 9.47 Å². The lowest BCUT2D eigenvalue weighted by Gasteiger charge is -2.32. The maximum atomic E-state index is 12.6. The van der Waals surface area contributed by atoms with Gasteiger partial charge >= 0.3 is 0 Å². The summed E-state index contributed by atoms with van der Waals surface area (Å²) in [5, 5.41) is 0. The number of aryl methyl sites for hydroxylation is 2. The van der Waals surface area contributed by atoms with Crippen molar-refractivity contribution in [1.29, 1.82) is 0 Å². The number of amides is 1. The molecule has 2 aromatic rings. The summed E-state index contributed by atoms with van der Waals surface area (Å²) < 4.78 is 2.07. The molecule has 1 aromatic heterocycles. The van der Waals surface area contributed by atoms with E-state index in [4.69, 9.17) is 0 Å². The van der Waals surface area contributed by atoms with Crippen LogP contribution in [0.15, 0.2) is 42.7 Å². The van der Waals surface area contributed by atoms with E-state index in [2.05, 4.69) is 9.55 Å². The average Bonchev–Trinajstić information content (AvgIpc) is 3.07. The van der Waals surface area contributed by atoms with Gasteiger partial charge in [-0.3, -0.25) is 9.59 Å². The molecule has 0 spiro atoms. The van der Waals surface area contributed by atoms with Crippen LogP contribution in [0.3, 0.4) is 0 Å². The van der Waals surface area contributed by atoms with Crippen LogP contribution in [0.2, 0.25) is 0 Å². The zero-order valence-corrected chi connectivity index (χ0v) is 15.4. The summed E-state index contributed by atoms with van der Waals surface area (Å²) in [6.07, 6.45) is 7.32. The van der Waals surface area contributed by atoms with Crippen LogP contribution in [-0.2, 0) is 22.6 Å². The van der Waals surface area contributed by atoms with Gasteiger partial charge in [0.25, 0.3) is 0 Å². The van der Waals surface area contributed by atoms with Gasteiger partial charge in [-0.15, -0.1) is 0 Å². The van der Waals surface area contributed by atoms with Crippen LogP contribution < -0.4 is 0 Å². The number of nitrogens with zero attached hydrogens (tertiary/aromatic N) is 3. The van der Waals surface area contributed by atoms with Gasteiger partial charge in [-0.05, 0) is 31.7 Å². The quantitative estimate of drug-likeness (QED) is 0.769. The Balaban J connectivity index is 1.47. The third-order valence-electron chi connectivity index (χ3n) is 5.16. The Labute approximate surface area is 155 Å².